The quantitative estimate of drug-likeness (QED) is 0.740. The van der Waals surface area contributed by atoms with E-state index in [1.165, 1.54) is 0 Å². The number of hydrogen-bond donors (Lipinski definition) is 3. The van der Waals surface area contributed by atoms with Gasteiger partial charge in [0, 0.05) is 22.2 Å². The molecule has 0 saturated carbocycles. The molecule has 1 aromatic carbocycles. The van der Waals surface area contributed by atoms with Crippen molar-refractivity contribution < 1.29 is 9.90 Å². The van der Waals surface area contributed by atoms with Crippen LogP contribution in [0.4, 0.5) is 0 Å². The molecule has 3 N–H and O–H groups in total. The standard InChI is InChI=1S/C15H14N2O3S/c1-10-4-5-11(3-2-6-18)7-13(10)14(19)16-8-12-9-21-15(20)17-12/h4-5,7,9,18H,6,8H2,1H3,(H,16,19)(H,17,20). The third-order valence-electron chi connectivity index (χ3n) is 2.80. The maximum atomic E-state index is 12.2. The highest BCUT2D eigenvalue weighted by atomic mass is 32.1. The van der Waals surface area contributed by atoms with Crippen molar-refractivity contribution >= 4 is 17.2 Å². The van der Waals surface area contributed by atoms with Gasteiger partial charge in [0.05, 0.1) is 6.54 Å². The van der Waals surface area contributed by atoms with E-state index < -0.39 is 0 Å². The van der Waals surface area contributed by atoms with Crippen molar-refractivity contribution in [1.29, 1.82) is 0 Å². The Kier molecular flexibility index (Phi) is 4.93. The topological polar surface area (TPSA) is 82.2 Å². The van der Waals surface area contributed by atoms with Gasteiger partial charge in [-0.25, -0.2) is 0 Å². The lowest BCUT2D eigenvalue weighted by Gasteiger charge is -2.07. The Morgan fingerprint density at radius 1 is 1.48 bits per heavy atom. The Morgan fingerprint density at radius 2 is 2.29 bits per heavy atom. The number of carbonyl (C=O) groups is 1. The summed E-state index contributed by atoms with van der Waals surface area (Å²) in [7, 11) is 0. The average Bonchev–Trinajstić information content (AvgIpc) is 2.89. The van der Waals surface area contributed by atoms with E-state index in [0.29, 0.717) is 16.8 Å². The van der Waals surface area contributed by atoms with Crippen molar-refractivity contribution in [3.8, 4) is 11.8 Å². The van der Waals surface area contributed by atoms with Crippen LogP contribution >= 0.6 is 11.3 Å². The molecule has 21 heavy (non-hydrogen) atoms. The fourth-order valence-corrected chi connectivity index (χ4v) is 2.34. The average molecular weight is 302 g/mol. The van der Waals surface area contributed by atoms with Crippen LogP contribution in [0.5, 0.6) is 0 Å². The Balaban J connectivity index is 2.12. The van der Waals surface area contributed by atoms with Crippen LogP contribution in [0.3, 0.4) is 0 Å². The van der Waals surface area contributed by atoms with Crippen LogP contribution in [0.15, 0.2) is 28.4 Å². The van der Waals surface area contributed by atoms with E-state index in [1.807, 2.05) is 13.0 Å². The fourth-order valence-electron chi connectivity index (χ4n) is 1.76. The summed E-state index contributed by atoms with van der Waals surface area (Å²) in [6, 6.07) is 5.29. The summed E-state index contributed by atoms with van der Waals surface area (Å²) in [5, 5.41) is 13.1. The largest absolute Gasteiger partial charge is 0.384 e. The Bertz CT molecular complexity index is 765. The zero-order valence-electron chi connectivity index (χ0n) is 11.4. The number of carbonyl (C=O) groups excluding carboxylic acids is 1. The summed E-state index contributed by atoms with van der Waals surface area (Å²) >= 11 is 1.06. The van der Waals surface area contributed by atoms with Gasteiger partial charge in [-0.2, -0.15) is 0 Å². The van der Waals surface area contributed by atoms with Gasteiger partial charge in [-0.15, -0.1) is 0 Å². The number of rotatable bonds is 3. The molecule has 2 aromatic rings. The maximum absolute atomic E-state index is 12.2. The molecule has 0 bridgehead atoms. The van der Waals surface area contributed by atoms with E-state index in [0.717, 1.165) is 16.9 Å². The summed E-state index contributed by atoms with van der Waals surface area (Å²) in [6.45, 7) is 1.88. The zero-order chi connectivity index (χ0) is 15.2. The number of amides is 1. The molecule has 0 unspecified atom stereocenters. The van der Waals surface area contributed by atoms with Gasteiger partial charge in [0.25, 0.3) is 5.91 Å². The molecule has 1 heterocycles. The van der Waals surface area contributed by atoms with Crippen molar-refractivity contribution in [2.45, 2.75) is 13.5 Å². The smallest absolute Gasteiger partial charge is 0.304 e. The Morgan fingerprint density at radius 3 is 2.95 bits per heavy atom. The van der Waals surface area contributed by atoms with Crippen LogP contribution in [0, 0.1) is 18.8 Å². The third-order valence-corrected chi connectivity index (χ3v) is 3.52. The van der Waals surface area contributed by atoms with Crippen LogP contribution in [-0.4, -0.2) is 22.6 Å². The highest BCUT2D eigenvalue weighted by molar-refractivity contribution is 7.07. The molecular weight excluding hydrogens is 288 g/mol. The number of H-pyrrole nitrogens is 1. The van der Waals surface area contributed by atoms with Crippen LogP contribution in [-0.2, 0) is 6.54 Å². The second kappa shape index (κ2) is 6.88. The Labute approximate surface area is 125 Å². The molecule has 1 amide bonds. The minimum Gasteiger partial charge on any atom is -0.384 e. The predicted molar refractivity (Wildman–Crippen MR) is 81.3 cm³/mol. The zero-order valence-corrected chi connectivity index (χ0v) is 12.2. The number of aromatic nitrogens is 1. The third kappa shape index (κ3) is 4.05. The van der Waals surface area contributed by atoms with E-state index in [1.54, 1.807) is 17.5 Å². The number of aliphatic hydroxyl groups is 1. The van der Waals surface area contributed by atoms with E-state index in [9.17, 15) is 9.59 Å². The van der Waals surface area contributed by atoms with Gasteiger partial charge in [0.1, 0.15) is 6.61 Å². The summed E-state index contributed by atoms with van der Waals surface area (Å²) in [6.07, 6.45) is 0. The first-order valence-corrected chi connectivity index (χ1v) is 7.13. The first-order valence-electron chi connectivity index (χ1n) is 6.25. The predicted octanol–water partition coefficient (Wildman–Crippen LogP) is 1.02. The van der Waals surface area contributed by atoms with Gasteiger partial charge < -0.3 is 15.4 Å². The van der Waals surface area contributed by atoms with Crippen LogP contribution in [0.1, 0.15) is 27.2 Å². The van der Waals surface area contributed by atoms with Crippen LogP contribution < -0.4 is 10.2 Å². The number of nitrogens with one attached hydrogen (secondary N) is 2. The molecule has 108 valence electrons. The number of hydrogen-bond acceptors (Lipinski definition) is 4. The second-order valence-electron chi connectivity index (χ2n) is 4.35. The number of benzene rings is 1. The fraction of sp³-hybridized carbons (Fsp3) is 0.200. The molecule has 0 fully saturated rings. The molecule has 1 aromatic heterocycles. The molecule has 0 saturated heterocycles. The van der Waals surface area contributed by atoms with Gasteiger partial charge in [-0.05, 0) is 24.6 Å². The van der Waals surface area contributed by atoms with E-state index in [4.69, 9.17) is 5.11 Å². The lowest BCUT2D eigenvalue weighted by molar-refractivity contribution is 0.0950. The lowest BCUT2D eigenvalue weighted by atomic mass is 10.0. The van der Waals surface area contributed by atoms with Crippen LogP contribution in [0.25, 0.3) is 0 Å². The number of aryl methyl sites for hydroxylation is 1. The van der Waals surface area contributed by atoms with Gasteiger partial charge in [-0.1, -0.05) is 29.2 Å². The van der Waals surface area contributed by atoms with Crippen LogP contribution in [0.2, 0.25) is 0 Å². The number of aromatic amines is 1. The van der Waals surface area contributed by atoms with Crippen molar-refractivity contribution in [1.82, 2.24) is 10.3 Å². The molecule has 0 aliphatic rings. The lowest BCUT2D eigenvalue weighted by Crippen LogP contribution is -2.24. The maximum Gasteiger partial charge on any atom is 0.304 e. The van der Waals surface area contributed by atoms with E-state index >= 15 is 0 Å². The van der Waals surface area contributed by atoms with E-state index in [-0.39, 0.29) is 23.9 Å². The SMILES string of the molecule is Cc1ccc(C#CCO)cc1C(=O)NCc1csc(=O)[nH]1. The first kappa shape index (κ1) is 15.0. The van der Waals surface area contributed by atoms with Gasteiger partial charge in [-0.3, -0.25) is 9.59 Å². The summed E-state index contributed by atoms with van der Waals surface area (Å²) < 4.78 is 0. The number of thiazole rings is 1. The molecule has 0 atom stereocenters. The molecule has 0 aliphatic carbocycles. The second-order valence-corrected chi connectivity index (χ2v) is 5.19. The van der Waals surface area contributed by atoms with Crippen molar-refractivity contribution in [3.05, 3.63) is 55.6 Å². The Hall–Kier alpha value is -2.36. The van der Waals surface area contributed by atoms with Crippen molar-refractivity contribution in [2.75, 3.05) is 6.61 Å². The highest BCUT2D eigenvalue weighted by Gasteiger charge is 2.09. The van der Waals surface area contributed by atoms with E-state index in [2.05, 4.69) is 22.1 Å². The molecular formula is C15H14N2O3S. The molecule has 0 radical (unpaired) electrons. The first-order chi connectivity index (χ1) is 10.1. The molecule has 6 heteroatoms. The minimum atomic E-state index is -0.229. The monoisotopic (exact) mass is 302 g/mol. The molecule has 5 nitrogen and oxygen atoms in total. The molecule has 0 aliphatic heterocycles. The van der Waals surface area contributed by atoms with Crippen molar-refractivity contribution in [3.63, 3.8) is 0 Å². The minimum absolute atomic E-state index is 0.142. The van der Waals surface area contributed by atoms with Gasteiger partial charge in [0.2, 0.25) is 0 Å². The summed E-state index contributed by atoms with van der Waals surface area (Å²) in [5.74, 6) is 5.08. The normalized spacial score (nSPS) is 9.81. The summed E-state index contributed by atoms with van der Waals surface area (Å²) in [4.78, 5) is 25.7. The van der Waals surface area contributed by atoms with Crippen molar-refractivity contribution in [2.24, 2.45) is 0 Å². The summed E-state index contributed by atoms with van der Waals surface area (Å²) in [5.41, 5.74) is 2.70. The molecule has 0 spiro atoms. The van der Waals surface area contributed by atoms with Gasteiger partial charge >= 0.3 is 4.87 Å². The van der Waals surface area contributed by atoms with Gasteiger partial charge in [0.15, 0.2) is 0 Å². The highest BCUT2D eigenvalue weighted by Crippen LogP contribution is 2.11. The molecule has 2 rings (SSSR count). The number of aliphatic hydroxyl groups excluding tert-OH is 1.